The van der Waals surface area contributed by atoms with Gasteiger partial charge in [-0.3, -0.25) is 4.98 Å². The molecular formula is C31H46FNO2. The fourth-order valence-corrected chi connectivity index (χ4v) is 5.11. The van der Waals surface area contributed by atoms with Gasteiger partial charge in [0.05, 0.1) is 18.9 Å². The highest BCUT2D eigenvalue weighted by molar-refractivity contribution is 5.64. The van der Waals surface area contributed by atoms with Crippen molar-refractivity contribution < 1.29 is 13.9 Å². The summed E-state index contributed by atoms with van der Waals surface area (Å²) >= 11 is 0. The molecule has 0 amide bonds. The van der Waals surface area contributed by atoms with Gasteiger partial charge in [-0.25, -0.2) is 4.39 Å². The molecule has 1 aromatic heterocycles. The van der Waals surface area contributed by atoms with E-state index >= 15 is 0 Å². The third-order valence-electron chi connectivity index (χ3n) is 7.32. The summed E-state index contributed by atoms with van der Waals surface area (Å²) in [6, 6.07) is 12.2. The summed E-state index contributed by atoms with van der Waals surface area (Å²) in [5, 5.41) is 0. The molecule has 2 heterocycles. The molecule has 1 aliphatic heterocycles. The lowest BCUT2D eigenvalue weighted by Crippen LogP contribution is -2.27. The molecule has 2 atom stereocenters. The second-order valence-corrected chi connectivity index (χ2v) is 10.2. The average molecular weight is 484 g/mol. The summed E-state index contributed by atoms with van der Waals surface area (Å²) in [5.41, 5.74) is 3.92. The van der Waals surface area contributed by atoms with Gasteiger partial charge in [0.25, 0.3) is 0 Å². The van der Waals surface area contributed by atoms with Crippen molar-refractivity contribution in [3.05, 3.63) is 53.7 Å². The third-order valence-corrected chi connectivity index (χ3v) is 7.32. The maximum absolute atomic E-state index is 14.9. The maximum Gasteiger partial charge on any atom is 0.185 e. The Balaban J connectivity index is 1.58. The van der Waals surface area contributed by atoms with Crippen LogP contribution >= 0.6 is 0 Å². The van der Waals surface area contributed by atoms with Gasteiger partial charge in [-0.15, -0.1) is 0 Å². The van der Waals surface area contributed by atoms with Gasteiger partial charge in [-0.05, 0) is 30.9 Å². The lowest BCUT2D eigenvalue weighted by atomic mass is 9.84. The van der Waals surface area contributed by atoms with E-state index in [9.17, 15) is 4.39 Å². The molecule has 194 valence electrons. The van der Waals surface area contributed by atoms with Gasteiger partial charge in [0, 0.05) is 29.2 Å². The van der Waals surface area contributed by atoms with Gasteiger partial charge >= 0.3 is 0 Å². The van der Waals surface area contributed by atoms with Crippen LogP contribution in [0.4, 0.5) is 4.39 Å². The lowest BCUT2D eigenvalue weighted by Gasteiger charge is -2.29. The van der Waals surface area contributed by atoms with E-state index < -0.39 is 6.17 Å². The third kappa shape index (κ3) is 8.39. The molecule has 3 nitrogen and oxygen atoms in total. The molecule has 0 radical (unpaired) electrons. The highest BCUT2D eigenvalue weighted by Crippen LogP contribution is 2.36. The van der Waals surface area contributed by atoms with E-state index in [-0.39, 0.29) is 12.2 Å². The van der Waals surface area contributed by atoms with E-state index in [2.05, 4.69) is 26.0 Å². The monoisotopic (exact) mass is 483 g/mol. The zero-order chi connectivity index (χ0) is 24.9. The number of benzene rings is 1. The number of unbranched alkanes of at least 4 members (excludes halogenated alkanes) is 6. The van der Waals surface area contributed by atoms with Crippen LogP contribution in [0.25, 0.3) is 11.3 Å². The molecule has 1 saturated heterocycles. The maximum atomic E-state index is 14.9. The first kappa shape index (κ1) is 27.8. The molecule has 0 bridgehead atoms. The van der Waals surface area contributed by atoms with Crippen LogP contribution in [-0.2, 0) is 9.47 Å². The second-order valence-electron chi connectivity index (χ2n) is 10.2. The summed E-state index contributed by atoms with van der Waals surface area (Å²) in [4.78, 5) is 4.75. The van der Waals surface area contributed by atoms with E-state index in [4.69, 9.17) is 14.5 Å². The van der Waals surface area contributed by atoms with Gasteiger partial charge in [-0.1, -0.05) is 102 Å². The number of aromatic nitrogens is 1. The quantitative estimate of drug-likeness (QED) is 0.237. The van der Waals surface area contributed by atoms with Crippen molar-refractivity contribution in [1.29, 1.82) is 0 Å². The fourth-order valence-electron chi connectivity index (χ4n) is 5.11. The first-order valence-electron chi connectivity index (χ1n) is 14.1. The van der Waals surface area contributed by atoms with Crippen molar-refractivity contribution in [2.45, 2.75) is 110 Å². The average Bonchev–Trinajstić information content (AvgIpc) is 2.91. The Morgan fingerprint density at radius 2 is 1.60 bits per heavy atom. The molecule has 0 spiro atoms. The van der Waals surface area contributed by atoms with Crippen molar-refractivity contribution in [1.82, 2.24) is 4.98 Å². The predicted molar refractivity (Wildman–Crippen MR) is 143 cm³/mol. The van der Waals surface area contributed by atoms with Crippen LogP contribution < -0.4 is 0 Å². The first-order chi connectivity index (χ1) is 17.2. The van der Waals surface area contributed by atoms with Crippen molar-refractivity contribution in [2.24, 2.45) is 5.92 Å². The van der Waals surface area contributed by atoms with Gasteiger partial charge < -0.3 is 9.47 Å². The normalized spacial score (nSPS) is 20.0. The van der Waals surface area contributed by atoms with Gasteiger partial charge in [0.1, 0.15) is 6.17 Å². The molecule has 2 aromatic rings. The van der Waals surface area contributed by atoms with E-state index in [1.807, 2.05) is 37.4 Å². The lowest BCUT2D eigenvalue weighted by molar-refractivity contribution is -0.206. The molecule has 0 N–H and O–H groups in total. The number of rotatable bonds is 15. The topological polar surface area (TPSA) is 31.4 Å². The number of alkyl halides is 1. The standard InChI is InChI=1S/C31H46FNO2/c1-4-7-9-10-11-12-15-24-22-34-31(35-23-24)25-19-20-30(33-21-25)28-18-14-13-17-26(28)27(16-8-5-2)29(32)6-3/h13-14,17-21,24,27,29,31H,4-12,15-16,22-23H2,1-3H3. The molecule has 0 aliphatic carbocycles. The largest absolute Gasteiger partial charge is 0.348 e. The SMILES string of the molecule is CCCCCCCCC1COC(c2ccc(-c3ccccc3C(CCCC)C(F)CC)nc2)OC1. The molecule has 2 unspecified atom stereocenters. The van der Waals surface area contributed by atoms with E-state index in [1.165, 1.54) is 44.9 Å². The first-order valence-corrected chi connectivity index (χ1v) is 14.1. The summed E-state index contributed by atoms with van der Waals surface area (Å²) in [5.74, 6) is 0.398. The number of ether oxygens (including phenoxy) is 2. The second kappa shape index (κ2) is 15.4. The van der Waals surface area contributed by atoms with Crippen molar-refractivity contribution in [3.63, 3.8) is 0 Å². The van der Waals surface area contributed by atoms with E-state index in [0.29, 0.717) is 12.3 Å². The number of nitrogens with zero attached hydrogens (tertiary/aromatic N) is 1. The van der Waals surface area contributed by atoms with Crippen molar-refractivity contribution >= 4 is 0 Å². The number of pyridine rings is 1. The van der Waals surface area contributed by atoms with Crippen molar-refractivity contribution in [2.75, 3.05) is 13.2 Å². The summed E-state index contributed by atoms with van der Waals surface area (Å²) in [7, 11) is 0. The molecule has 3 rings (SSSR count). The molecule has 4 heteroatoms. The highest BCUT2D eigenvalue weighted by atomic mass is 19.1. The van der Waals surface area contributed by atoms with Crippen LogP contribution in [0.2, 0.25) is 0 Å². The summed E-state index contributed by atoms with van der Waals surface area (Å²) in [6.07, 6.45) is 13.3. The zero-order valence-corrected chi connectivity index (χ0v) is 22.2. The van der Waals surface area contributed by atoms with E-state index in [1.54, 1.807) is 0 Å². The Kier molecular flexibility index (Phi) is 12.2. The van der Waals surface area contributed by atoms with Crippen LogP contribution in [0.15, 0.2) is 42.6 Å². The summed E-state index contributed by atoms with van der Waals surface area (Å²) < 4.78 is 27.1. The predicted octanol–water partition coefficient (Wildman–Crippen LogP) is 9.18. The van der Waals surface area contributed by atoms with Crippen molar-refractivity contribution in [3.8, 4) is 11.3 Å². The minimum Gasteiger partial charge on any atom is -0.348 e. The minimum atomic E-state index is -0.838. The van der Waals surface area contributed by atoms with Gasteiger partial charge in [0.2, 0.25) is 0 Å². The zero-order valence-electron chi connectivity index (χ0n) is 22.2. The van der Waals surface area contributed by atoms with Crippen LogP contribution in [0, 0.1) is 5.92 Å². The Bertz CT molecular complexity index is 832. The molecule has 35 heavy (non-hydrogen) atoms. The molecule has 1 fully saturated rings. The molecular weight excluding hydrogens is 437 g/mol. The van der Waals surface area contributed by atoms with Crippen LogP contribution in [0.5, 0.6) is 0 Å². The number of hydrogen-bond acceptors (Lipinski definition) is 3. The van der Waals surface area contributed by atoms with Crippen LogP contribution in [-0.4, -0.2) is 24.4 Å². The molecule has 1 aliphatic rings. The Hall–Kier alpha value is -1.78. The van der Waals surface area contributed by atoms with Crippen LogP contribution in [0.3, 0.4) is 0 Å². The van der Waals surface area contributed by atoms with E-state index in [0.717, 1.165) is 54.9 Å². The smallest absolute Gasteiger partial charge is 0.185 e. The molecule has 0 saturated carbocycles. The Labute approximate surface area is 212 Å². The minimum absolute atomic E-state index is 0.0915. The Morgan fingerprint density at radius 3 is 2.29 bits per heavy atom. The number of halogens is 1. The number of hydrogen-bond donors (Lipinski definition) is 0. The summed E-state index contributed by atoms with van der Waals surface area (Å²) in [6.45, 7) is 7.85. The van der Waals surface area contributed by atoms with Gasteiger partial charge in [-0.2, -0.15) is 0 Å². The van der Waals surface area contributed by atoms with Crippen LogP contribution in [0.1, 0.15) is 115 Å². The molecule has 1 aromatic carbocycles. The fraction of sp³-hybridized carbons (Fsp3) is 0.645. The Morgan fingerprint density at radius 1 is 0.886 bits per heavy atom. The highest BCUT2D eigenvalue weighted by Gasteiger charge is 2.26. The van der Waals surface area contributed by atoms with Gasteiger partial charge in [0.15, 0.2) is 6.29 Å².